The first-order valence-electron chi connectivity index (χ1n) is 8.03. The zero-order valence-corrected chi connectivity index (χ0v) is 13.4. The summed E-state index contributed by atoms with van der Waals surface area (Å²) in [5, 5.41) is 3.36. The van der Waals surface area contributed by atoms with Gasteiger partial charge in [-0.2, -0.15) is 4.98 Å². The Labute approximate surface area is 127 Å². The fourth-order valence-corrected chi connectivity index (χ4v) is 2.32. The third-order valence-corrected chi connectivity index (χ3v) is 3.33. The first-order chi connectivity index (χ1) is 10.2. The standard InChI is InChI=1S/C16H27N3O2/c1-4-7-21-16-10-14(17-11-13-6-5-8-20-13)18-15(19-16)9-12(2)3/h10,12-13H,4-9,11H2,1-3H3,(H,17,18,19). The first-order valence-corrected chi connectivity index (χ1v) is 8.03. The van der Waals surface area contributed by atoms with Gasteiger partial charge in [-0.1, -0.05) is 20.8 Å². The summed E-state index contributed by atoms with van der Waals surface area (Å²) in [7, 11) is 0. The molecule has 0 saturated carbocycles. The van der Waals surface area contributed by atoms with Crippen molar-refractivity contribution in [2.45, 2.75) is 52.6 Å². The minimum absolute atomic E-state index is 0.300. The molecule has 1 fully saturated rings. The smallest absolute Gasteiger partial charge is 0.218 e. The summed E-state index contributed by atoms with van der Waals surface area (Å²) >= 11 is 0. The molecule has 0 spiro atoms. The number of anilines is 1. The number of hydrogen-bond acceptors (Lipinski definition) is 5. The normalized spacial score (nSPS) is 18.2. The Morgan fingerprint density at radius 1 is 1.43 bits per heavy atom. The van der Waals surface area contributed by atoms with Crippen LogP contribution in [0.15, 0.2) is 6.07 Å². The van der Waals surface area contributed by atoms with Crippen molar-refractivity contribution in [2.75, 3.05) is 25.1 Å². The van der Waals surface area contributed by atoms with Crippen LogP contribution in [0.2, 0.25) is 0 Å². The summed E-state index contributed by atoms with van der Waals surface area (Å²) < 4.78 is 11.3. The molecule has 2 rings (SSSR count). The van der Waals surface area contributed by atoms with Crippen LogP contribution in [0.3, 0.4) is 0 Å². The molecule has 1 unspecified atom stereocenters. The Bertz CT molecular complexity index is 432. The number of hydrogen-bond donors (Lipinski definition) is 1. The van der Waals surface area contributed by atoms with E-state index >= 15 is 0 Å². The van der Waals surface area contributed by atoms with Gasteiger partial charge >= 0.3 is 0 Å². The van der Waals surface area contributed by atoms with E-state index in [2.05, 4.69) is 36.1 Å². The van der Waals surface area contributed by atoms with Crippen LogP contribution in [-0.4, -0.2) is 35.8 Å². The lowest BCUT2D eigenvalue weighted by Crippen LogP contribution is -2.19. The molecule has 5 nitrogen and oxygen atoms in total. The van der Waals surface area contributed by atoms with Gasteiger partial charge < -0.3 is 14.8 Å². The van der Waals surface area contributed by atoms with Gasteiger partial charge in [0.1, 0.15) is 11.6 Å². The van der Waals surface area contributed by atoms with E-state index in [1.54, 1.807) is 0 Å². The molecular formula is C16H27N3O2. The Kier molecular flexibility index (Phi) is 6.23. The summed E-state index contributed by atoms with van der Waals surface area (Å²) in [5.74, 6) is 2.87. The quantitative estimate of drug-likeness (QED) is 0.798. The van der Waals surface area contributed by atoms with Crippen LogP contribution in [0, 0.1) is 5.92 Å². The maximum atomic E-state index is 5.67. The molecule has 2 heterocycles. The van der Waals surface area contributed by atoms with Crippen molar-refractivity contribution < 1.29 is 9.47 Å². The van der Waals surface area contributed by atoms with Crippen molar-refractivity contribution in [2.24, 2.45) is 5.92 Å². The van der Waals surface area contributed by atoms with Crippen molar-refractivity contribution in [3.63, 3.8) is 0 Å². The minimum Gasteiger partial charge on any atom is -0.478 e. The topological polar surface area (TPSA) is 56.3 Å². The average Bonchev–Trinajstić information content (AvgIpc) is 2.95. The molecule has 118 valence electrons. The number of rotatable bonds is 8. The van der Waals surface area contributed by atoms with E-state index < -0.39 is 0 Å². The lowest BCUT2D eigenvalue weighted by Gasteiger charge is -2.14. The summed E-state index contributed by atoms with van der Waals surface area (Å²) in [6.07, 6.45) is 4.41. The third kappa shape index (κ3) is 5.50. The predicted molar refractivity (Wildman–Crippen MR) is 83.8 cm³/mol. The van der Waals surface area contributed by atoms with E-state index in [1.165, 1.54) is 0 Å². The molecule has 1 aromatic heterocycles. The molecule has 21 heavy (non-hydrogen) atoms. The summed E-state index contributed by atoms with van der Waals surface area (Å²) in [6, 6.07) is 1.88. The zero-order chi connectivity index (χ0) is 15.1. The Morgan fingerprint density at radius 3 is 2.95 bits per heavy atom. The summed E-state index contributed by atoms with van der Waals surface area (Å²) in [6.45, 7) is 8.78. The number of aromatic nitrogens is 2. The van der Waals surface area contributed by atoms with Crippen LogP contribution in [0.25, 0.3) is 0 Å². The van der Waals surface area contributed by atoms with Gasteiger partial charge in [0.05, 0.1) is 12.7 Å². The molecular weight excluding hydrogens is 266 g/mol. The maximum Gasteiger partial charge on any atom is 0.218 e. The Morgan fingerprint density at radius 2 is 2.29 bits per heavy atom. The van der Waals surface area contributed by atoms with Crippen LogP contribution in [0.4, 0.5) is 5.82 Å². The second kappa shape index (κ2) is 8.17. The molecule has 1 N–H and O–H groups in total. The van der Waals surface area contributed by atoms with Crippen LogP contribution in [-0.2, 0) is 11.2 Å². The second-order valence-electron chi connectivity index (χ2n) is 5.97. The Balaban J connectivity index is 2.01. The number of ether oxygens (including phenoxy) is 2. The van der Waals surface area contributed by atoms with Crippen molar-refractivity contribution in [1.82, 2.24) is 9.97 Å². The molecule has 1 aromatic rings. The molecule has 1 atom stereocenters. The SMILES string of the molecule is CCCOc1cc(NCC2CCCO2)nc(CC(C)C)n1. The minimum atomic E-state index is 0.300. The monoisotopic (exact) mass is 293 g/mol. The van der Waals surface area contributed by atoms with Gasteiger partial charge in [0.25, 0.3) is 0 Å². The van der Waals surface area contributed by atoms with Crippen LogP contribution in [0.1, 0.15) is 45.9 Å². The summed E-state index contributed by atoms with van der Waals surface area (Å²) in [5.41, 5.74) is 0. The van der Waals surface area contributed by atoms with E-state index in [9.17, 15) is 0 Å². The zero-order valence-electron chi connectivity index (χ0n) is 13.4. The lowest BCUT2D eigenvalue weighted by molar-refractivity contribution is 0.120. The van der Waals surface area contributed by atoms with E-state index in [0.29, 0.717) is 24.5 Å². The van der Waals surface area contributed by atoms with Crippen molar-refractivity contribution in [1.29, 1.82) is 0 Å². The molecule has 0 amide bonds. The molecule has 1 aliphatic heterocycles. The van der Waals surface area contributed by atoms with Crippen molar-refractivity contribution in [3.8, 4) is 5.88 Å². The van der Waals surface area contributed by atoms with Crippen LogP contribution in [0.5, 0.6) is 5.88 Å². The molecule has 0 bridgehead atoms. The fraction of sp³-hybridized carbons (Fsp3) is 0.750. The highest BCUT2D eigenvalue weighted by Gasteiger charge is 2.15. The van der Waals surface area contributed by atoms with E-state index in [0.717, 1.165) is 50.5 Å². The highest BCUT2D eigenvalue weighted by atomic mass is 16.5. The van der Waals surface area contributed by atoms with Crippen LogP contribution >= 0.6 is 0 Å². The molecule has 1 saturated heterocycles. The van der Waals surface area contributed by atoms with Gasteiger partial charge in [-0.15, -0.1) is 0 Å². The van der Waals surface area contributed by atoms with Crippen molar-refractivity contribution >= 4 is 5.82 Å². The number of nitrogens with one attached hydrogen (secondary N) is 1. The maximum absolute atomic E-state index is 5.67. The van der Waals surface area contributed by atoms with E-state index in [4.69, 9.17) is 9.47 Å². The highest BCUT2D eigenvalue weighted by Crippen LogP contribution is 2.18. The van der Waals surface area contributed by atoms with Crippen LogP contribution < -0.4 is 10.1 Å². The van der Waals surface area contributed by atoms with E-state index in [1.807, 2.05) is 6.07 Å². The average molecular weight is 293 g/mol. The second-order valence-corrected chi connectivity index (χ2v) is 5.97. The molecule has 5 heteroatoms. The molecule has 1 aliphatic rings. The fourth-order valence-electron chi connectivity index (χ4n) is 2.32. The van der Waals surface area contributed by atoms with Gasteiger partial charge in [0, 0.05) is 25.6 Å². The van der Waals surface area contributed by atoms with Gasteiger partial charge in [-0.25, -0.2) is 4.98 Å². The third-order valence-electron chi connectivity index (χ3n) is 3.33. The van der Waals surface area contributed by atoms with Gasteiger partial charge in [0.2, 0.25) is 5.88 Å². The Hall–Kier alpha value is -1.36. The predicted octanol–water partition coefficient (Wildman–Crippen LogP) is 3.05. The molecule has 0 aromatic carbocycles. The molecule has 0 aliphatic carbocycles. The lowest BCUT2D eigenvalue weighted by atomic mass is 10.1. The summed E-state index contributed by atoms with van der Waals surface area (Å²) in [4.78, 5) is 9.07. The van der Waals surface area contributed by atoms with E-state index in [-0.39, 0.29) is 0 Å². The number of nitrogens with zero attached hydrogens (tertiary/aromatic N) is 2. The van der Waals surface area contributed by atoms with Gasteiger partial charge in [-0.05, 0) is 25.2 Å². The highest BCUT2D eigenvalue weighted by molar-refractivity contribution is 5.38. The van der Waals surface area contributed by atoms with Gasteiger partial charge in [-0.3, -0.25) is 0 Å². The van der Waals surface area contributed by atoms with Gasteiger partial charge in [0.15, 0.2) is 0 Å². The van der Waals surface area contributed by atoms with Crippen molar-refractivity contribution in [3.05, 3.63) is 11.9 Å². The molecule has 0 radical (unpaired) electrons. The first kappa shape index (κ1) is 16.0. The largest absolute Gasteiger partial charge is 0.478 e.